The molecule has 4 heteroatoms. The number of hydrogen-bond donors (Lipinski definition) is 2. The number of rotatable bonds is 7. The molecule has 0 spiro atoms. The first-order valence-electron chi connectivity index (χ1n) is 6.64. The molecule has 4 nitrogen and oxygen atoms in total. The van der Waals surface area contributed by atoms with Crippen LogP contribution in [0.25, 0.3) is 0 Å². The van der Waals surface area contributed by atoms with Crippen molar-refractivity contribution in [2.24, 2.45) is 0 Å². The van der Waals surface area contributed by atoms with Crippen molar-refractivity contribution < 1.29 is 0 Å². The number of nitrogens with one attached hydrogen (secondary N) is 2. The Morgan fingerprint density at radius 3 is 3.00 bits per heavy atom. The zero-order valence-electron chi connectivity index (χ0n) is 11.2. The molecule has 2 heterocycles. The lowest BCUT2D eigenvalue weighted by Gasteiger charge is -2.03. The van der Waals surface area contributed by atoms with Gasteiger partial charge in [0.1, 0.15) is 0 Å². The van der Waals surface area contributed by atoms with Gasteiger partial charge < -0.3 is 9.88 Å². The van der Waals surface area contributed by atoms with Gasteiger partial charge in [-0.25, -0.2) is 0 Å². The number of aromatic nitrogens is 3. The van der Waals surface area contributed by atoms with Gasteiger partial charge in [-0.3, -0.25) is 5.10 Å². The molecule has 0 saturated heterocycles. The lowest BCUT2D eigenvalue weighted by atomic mass is 10.1. The third-order valence-corrected chi connectivity index (χ3v) is 3.24. The van der Waals surface area contributed by atoms with E-state index in [1.807, 2.05) is 6.20 Å². The number of hydrogen-bond acceptors (Lipinski definition) is 2. The Labute approximate surface area is 108 Å². The summed E-state index contributed by atoms with van der Waals surface area (Å²) < 4.78 is 2.20. The summed E-state index contributed by atoms with van der Waals surface area (Å²) in [7, 11) is 0. The van der Waals surface area contributed by atoms with Gasteiger partial charge >= 0.3 is 0 Å². The maximum absolute atomic E-state index is 4.03. The summed E-state index contributed by atoms with van der Waals surface area (Å²) in [5.41, 5.74) is 3.88. The molecule has 0 aliphatic heterocycles. The molecule has 2 aromatic heterocycles. The Morgan fingerprint density at radius 1 is 1.44 bits per heavy atom. The van der Waals surface area contributed by atoms with Crippen LogP contribution >= 0.6 is 0 Å². The molecule has 0 bridgehead atoms. The van der Waals surface area contributed by atoms with Crippen molar-refractivity contribution in [2.45, 2.75) is 39.8 Å². The SMILES string of the molecule is CCn1ccc(CNCCCc2cn[nH]c2C)c1. The quantitative estimate of drug-likeness (QED) is 0.736. The molecule has 0 unspecified atom stereocenters. The summed E-state index contributed by atoms with van der Waals surface area (Å²) in [5.74, 6) is 0. The summed E-state index contributed by atoms with van der Waals surface area (Å²) in [6.45, 7) is 7.27. The van der Waals surface area contributed by atoms with E-state index in [-0.39, 0.29) is 0 Å². The highest BCUT2D eigenvalue weighted by Gasteiger charge is 2.00. The fraction of sp³-hybridized carbons (Fsp3) is 0.500. The first kappa shape index (κ1) is 12.9. The third-order valence-electron chi connectivity index (χ3n) is 3.24. The molecule has 0 radical (unpaired) electrons. The molecule has 2 N–H and O–H groups in total. The summed E-state index contributed by atoms with van der Waals surface area (Å²) in [6.07, 6.45) is 8.50. The van der Waals surface area contributed by atoms with Crippen LogP contribution in [0.3, 0.4) is 0 Å². The molecule has 0 atom stereocenters. The van der Waals surface area contributed by atoms with E-state index in [0.717, 1.165) is 32.5 Å². The molecular formula is C14H22N4. The maximum atomic E-state index is 4.03. The normalized spacial score (nSPS) is 11.0. The van der Waals surface area contributed by atoms with Crippen molar-refractivity contribution in [1.82, 2.24) is 20.1 Å². The molecule has 0 amide bonds. The van der Waals surface area contributed by atoms with Crippen LogP contribution in [-0.2, 0) is 19.5 Å². The molecule has 0 aromatic carbocycles. The van der Waals surface area contributed by atoms with Crippen LogP contribution in [0.1, 0.15) is 30.2 Å². The first-order valence-corrected chi connectivity index (χ1v) is 6.64. The second kappa shape index (κ2) is 6.40. The van der Waals surface area contributed by atoms with E-state index in [1.165, 1.54) is 16.8 Å². The highest BCUT2D eigenvalue weighted by Crippen LogP contribution is 2.05. The van der Waals surface area contributed by atoms with E-state index < -0.39 is 0 Å². The zero-order chi connectivity index (χ0) is 12.8. The molecule has 0 saturated carbocycles. The van der Waals surface area contributed by atoms with Crippen molar-refractivity contribution in [1.29, 1.82) is 0 Å². The minimum absolute atomic E-state index is 0.956. The second-order valence-corrected chi connectivity index (χ2v) is 4.65. The second-order valence-electron chi connectivity index (χ2n) is 4.65. The summed E-state index contributed by atoms with van der Waals surface area (Å²) >= 11 is 0. The van der Waals surface area contributed by atoms with Crippen LogP contribution in [0, 0.1) is 6.92 Å². The van der Waals surface area contributed by atoms with Crippen molar-refractivity contribution in [3.63, 3.8) is 0 Å². The largest absolute Gasteiger partial charge is 0.354 e. The van der Waals surface area contributed by atoms with E-state index >= 15 is 0 Å². The fourth-order valence-electron chi connectivity index (χ4n) is 2.06. The van der Waals surface area contributed by atoms with Crippen LogP contribution in [0.15, 0.2) is 24.7 Å². The fourth-order valence-corrected chi connectivity index (χ4v) is 2.06. The minimum Gasteiger partial charge on any atom is -0.354 e. The van der Waals surface area contributed by atoms with E-state index in [9.17, 15) is 0 Å². The average molecular weight is 246 g/mol. The predicted octanol–water partition coefficient (Wildman–Crippen LogP) is 2.26. The summed E-state index contributed by atoms with van der Waals surface area (Å²) in [4.78, 5) is 0. The first-order chi connectivity index (χ1) is 8.79. The number of aryl methyl sites for hydroxylation is 3. The molecular weight excluding hydrogens is 224 g/mol. The number of nitrogens with zero attached hydrogens (tertiary/aromatic N) is 2. The van der Waals surface area contributed by atoms with Crippen LogP contribution in [0.2, 0.25) is 0 Å². The van der Waals surface area contributed by atoms with Gasteiger partial charge in [-0.1, -0.05) is 0 Å². The maximum Gasteiger partial charge on any atom is 0.0522 e. The van der Waals surface area contributed by atoms with Crippen LogP contribution in [0.5, 0.6) is 0 Å². The summed E-state index contributed by atoms with van der Waals surface area (Å²) in [5, 5.41) is 10.5. The van der Waals surface area contributed by atoms with Gasteiger partial charge in [0.05, 0.1) is 6.20 Å². The Balaban J connectivity index is 1.63. The third kappa shape index (κ3) is 3.47. The molecule has 2 rings (SSSR count). The van der Waals surface area contributed by atoms with Crippen molar-refractivity contribution in [2.75, 3.05) is 6.54 Å². The topological polar surface area (TPSA) is 45.6 Å². The number of aromatic amines is 1. The van der Waals surface area contributed by atoms with Gasteiger partial charge in [0.25, 0.3) is 0 Å². The predicted molar refractivity (Wildman–Crippen MR) is 73.5 cm³/mol. The van der Waals surface area contributed by atoms with Crippen molar-refractivity contribution in [3.05, 3.63) is 41.5 Å². The Hall–Kier alpha value is -1.55. The van der Waals surface area contributed by atoms with Gasteiger partial charge in [0.15, 0.2) is 0 Å². The van der Waals surface area contributed by atoms with E-state index in [0.29, 0.717) is 0 Å². The summed E-state index contributed by atoms with van der Waals surface area (Å²) in [6, 6.07) is 2.18. The Kier molecular flexibility index (Phi) is 4.59. The smallest absolute Gasteiger partial charge is 0.0522 e. The van der Waals surface area contributed by atoms with Gasteiger partial charge in [0.2, 0.25) is 0 Å². The molecule has 2 aromatic rings. The minimum atomic E-state index is 0.956. The highest BCUT2D eigenvalue weighted by molar-refractivity contribution is 5.14. The Bertz CT molecular complexity index is 470. The lowest BCUT2D eigenvalue weighted by molar-refractivity contribution is 0.647. The van der Waals surface area contributed by atoms with Crippen molar-refractivity contribution in [3.8, 4) is 0 Å². The number of H-pyrrole nitrogens is 1. The molecule has 18 heavy (non-hydrogen) atoms. The van der Waals surface area contributed by atoms with E-state index in [2.05, 4.69) is 52.4 Å². The zero-order valence-corrected chi connectivity index (χ0v) is 11.2. The van der Waals surface area contributed by atoms with E-state index in [1.54, 1.807) is 0 Å². The molecule has 0 fully saturated rings. The van der Waals surface area contributed by atoms with Crippen LogP contribution in [0.4, 0.5) is 0 Å². The molecule has 0 aliphatic carbocycles. The van der Waals surface area contributed by atoms with Crippen molar-refractivity contribution >= 4 is 0 Å². The molecule has 98 valence electrons. The van der Waals surface area contributed by atoms with Crippen LogP contribution in [-0.4, -0.2) is 21.3 Å². The van der Waals surface area contributed by atoms with Gasteiger partial charge in [-0.15, -0.1) is 0 Å². The highest BCUT2D eigenvalue weighted by atomic mass is 15.1. The lowest BCUT2D eigenvalue weighted by Crippen LogP contribution is -2.15. The van der Waals surface area contributed by atoms with Gasteiger partial charge in [-0.2, -0.15) is 5.10 Å². The average Bonchev–Trinajstić information content (AvgIpc) is 2.98. The van der Waals surface area contributed by atoms with Gasteiger partial charge in [-0.05, 0) is 50.4 Å². The standard InChI is InChI=1S/C14H22N4/c1-3-18-8-6-13(11-18)9-15-7-4-5-14-10-16-17-12(14)2/h6,8,10-11,15H,3-5,7,9H2,1-2H3,(H,16,17). The van der Waals surface area contributed by atoms with E-state index in [4.69, 9.17) is 0 Å². The monoisotopic (exact) mass is 246 g/mol. The van der Waals surface area contributed by atoms with Gasteiger partial charge in [0, 0.05) is 31.2 Å². The Morgan fingerprint density at radius 2 is 2.33 bits per heavy atom. The van der Waals surface area contributed by atoms with Crippen LogP contribution < -0.4 is 5.32 Å². The molecule has 0 aliphatic rings.